The first-order chi connectivity index (χ1) is 13.0. The minimum atomic E-state index is -0.663. The first-order valence-electron chi connectivity index (χ1n) is 8.82. The third-order valence-corrected chi connectivity index (χ3v) is 4.59. The second-order valence-electron chi connectivity index (χ2n) is 5.99. The molecule has 0 saturated heterocycles. The lowest BCUT2D eigenvalue weighted by Crippen LogP contribution is -2.15. The molecule has 27 heavy (non-hydrogen) atoms. The smallest absolute Gasteiger partial charge is 0.347 e. The predicted octanol–water partition coefficient (Wildman–Crippen LogP) is 5.34. The van der Waals surface area contributed by atoms with Gasteiger partial charge in [0.1, 0.15) is 17.1 Å². The average Bonchev–Trinajstić information content (AvgIpc) is 2.67. The molecule has 146 valence electrons. The number of hydrogen-bond donors (Lipinski definition) is 0. The molecule has 0 aliphatic carbocycles. The fourth-order valence-corrected chi connectivity index (χ4v) is 2.89. The number of halogens is 1. The largest absolute Gasteiger partial charge is 0.493 e. The van der Waals surface area contributed by atoms with Crippen LogP contribution in [0.15, 0.2) is 36.4 Å². The second-order valence-corrected chi connectivity index (χ2v) is 6.36. The highest BCUT2D eigenvalue weighted by atomic mass is 35.5. The van der Waals surface area contributed by atoms with Crippen molar-refractivity contribution in [2.45, 2.75) is 33.0 Å². The third kappa shape index (κ3) is 5.22. The molecular weight excluding hydrogens is 368 g/mol. The van der Waals surface area contributed by atoms with E-state index in [0.717, 1.165) is 12.8 Å². The molecule has 2 rings (SSSR count). The van der Waals surface area contributed by atoms with Gasteiger partial charge in [-0.15, -0.1) is 0 Å². The van der Waals surface area contributed by atoms with Crippen molar-refractivity contribution in [2.75, 3.05) is 20.8 Å². The number of unbranched alkanes of at least 4 members (excludes halogenated alkanes) is 1. The van der Waals surface area contributed by atoms with Gasteiger partial charge in [0.15, 0.2) is 6.29 Å². The maximum atomic E-state index is 12.8. The van der Waals surface area contributed by atoms with Crippen molar-refractivity contribution in [3.05, 3.63) is 58.1 Å². The molecule has 0 radical (unpaired) electrons. The number of carbonyl (C=O) groups excluding carboxylic acids is 1. The van der Waals surface area contributed by atoms with Crippen molar-refractivity contribution in [3.8, 4) is 11.5 Å². The quantitative estimate of drug-likeness (QED) is 0.249. The average molecular weight is 393 g/mol. The maximum Gasteiger partial charge on any atom is 0.347 e. The zero-order chi connectivity index (χ0) is 19.8. The minimum absolute atomic E-state index is 0.301. The molecule has 0 aliphatic heterocycles. The molecule has 0 unspecified atom stereocenters. The van der Waals surface area contributed by atoms with E-state index < -0.39 is 12.3 Å². The number of benzene rings is 2. The molecule has 0 N–H and O–H groups in total. The Hall–Kier alpha value is -2.08. The van der Waals surface area contributed by atoms with E-state index in [1.165, 1.54) is 14.2 Å². The predicted molar refractivity (Wildman–Crippen MR) is 105 cm³/mol. The SMILES string of the molecule is CCCCOc1cc(C(OC)OC)c(Cl)c(C)c1C(=O)Oc1ccccc1. The highest BCUT2D eigenvalue weighted by Gasteiger charge is 2.26. The van der Waals surface area contributed by atoms with Crippen LogP contribution in [0, 0.1) is 6.92 Å². The highest BCUT2D eigenvalue weighted by molar-refractivity contribution is 6.32. The highest BCUT2D eigenvalue weighted by Crippen LogP contribution is 2.37. The van der Waals surface area contributed by atoms with Crippen molar-refractivity contribution < 1.29 is 23.7 Å². The van der Waals surface area contributed by atoms with Crippen LogP contribution in [0.25, 0.3) is 0 Å². The standard InChI is InChI=1S/C21H25ClO5/c1-5-6-12-26-17-13-16(21(24-3)25-4)19(22)14(2)18(17)20(23)27-15-10-8-7-9-11-15/h7-11,13,21H,5-6,12H2,1-4H3. The minimum Gasteiger partial charge on any atom is -0.493 e. The van der Waals surface area contributed by atoms with Gasteiger partial charge in [-0.25, -0.2) is 4.79 Å². The Labute approximate surface area is 165 Å². The lowest BCUT2D eigenvalue weighted by atomic mass is 10.0. The molecule has 5 nitrogen and oxygen atoms in total. The molecule has 6 heteroatoms. The van der Waals surface area contributed by atoms with E-state index in [-0.39, 0.29) is 0 Å². The first kappa shape index (κ1) is 21.2. The molecule has 0 bridgehead atoms. The molecule has 0 aromatic heterocycles. The van der Waals surface area contributed by atoms with Crippen LogP contribution in [0.2, 0.25) is 5.02 Å². The molecule has 0 saturated carbocycles. The fraction of sp³-hybridized carbons (Fsp3) is 0.381. The van der Waals surface area contributed by atoms with E-state index in [0.29, 0.717) is 39.8 Å². The van der Waals surface area contributed by atoms with Crippen LogP contribution in [-0.4, -0.2) is 26.8 Å². The van der Waals surface area contributed by atoms with Crippen molar-refractivity contribution in [1.82, 2.24) is 0 Å². The summed E-state index contributed by atoms with van der Waals surface area (Å²) in [7, 11) is 3.05. The molecule has 2 aromatic rings. The molecular formula is C21H25ClO5. The van der Waals surface area contributed by atoms with Crippen molar-refractivity contribution in [3.63, 3.8) is 0 Å². The summed E-state index contributed by atoms with van der Waals surface area (Å²) < 4.78 is 22.0. The summed E-state index contributed by atoms with van der Waals surface area (Å²) in [5.74, 6) is 0.332. The van der Waals surface area contributed by atoms with E-state index in [2.05, 4.69) is 6.92 Å². The molecule has 0 spiro atoms. The van der Waals surface area contributed by atoms with Gasteiger partial charge in [0.05, 0.1) is 11.6 Å². The number of ether oxygens (including phenoxy) is 4. The number of carbonyl (C=O) groups is 1. The topological polar surface area (TPSA) is 54.0 Å². The van der Waals surface area contributed by atoms with E-state index in [1.54, 1.807) is 37.3 Å². The summed E-state index contributed by atoms with van der Waals surface area (Å²) in [5, 5.41) is 0.381. The number of para-hydroxylation sites is 1. The number of methoxy groups -OCH3 is 2. The van der Waals surface area contributed by atoms with E-state index in [4.69, 9.17) is 30.5 Å². The molecule has 0 fully saturated rings. The monoisotopic (exact) mass is 392 g/mol. The Balaban J connectivity index is 2.46. The summed E-state index contributed by atoms with van der Waals surface area (Å²) in [6, 6.07) is 10.6. The van der Waals surface area contributed by atoms with E-state index in [1.807, 2.05) is 6.07 Å². The van der Waals surface area contributed by atoms with Crippen LogP contribution in [-0.2, 0) is 9.47 Å². The van der Waals surface area contributed by atoms with Gasteiger partial charge >= 0.3 is 5.97 Å². The Morgan fingerprint density at radius 1 is 1.15 bits per heavy atom. The first-order valence-corrected chi connectivity index (χ1v) is 9.19. The van der Waals surface area contributed by atoms with Gasteiger partial charge < -0.3 is 18.9 Å². The lowest BCUT2D eigenvalue weighted by molar-refractivity contribution is -0.106. The van der Waals surface area contributed by atoms with Gasteiger partial charge in [0, 0.05) is 19.8 Å². The molecule has 0 aliphatic rings. The van der Waals surface area contributed by atoms with Crippen LogP contribution in [0.4, 0.5) is 0 Å². The normalized spacial score (nSPS) is 10.9. The third-order valence-electron chi connectivity index (χ3n) is 4.09. The molecule has 0 atom stereocenters. The Morgan fingerprint density at radius 2 is 1.81 bits per heavy atom. The number of rotatable bonds is 9. The van der Waals surface area contributed by atoms with E-state index in [9.17, 15) is 4.79 Å². The number of hydrogen-bond acceptors (Lipinski definition) is 5. The zero-order valence-electron chi connectivity index (χ0n) is 16.1. The molecule has 0 amide bonds. The van der Waals surface area contributed by atoms with Crippen molar-refractivity contribution >= 4 is 17.6 Å². The fourth-order valence-electron chi connectivity index (χ4n) is 2.65. The summed E-state index contributed by atoms with van der Waals surface area (Å²) in [6.07, 6.45) is 1.17. The summed E-state index contributed by atoms with van der Waals surface area (Å²) in [6.45, 7) is 4.30. The van der Waals surface area contributed by atoms with Gasteiger partial charge in [0.25, 0.3) is 0 Å². The van der Waals surface area contributed by atoms with Crippen LogP contribution in [0.5, 0.6) is 11.5 Å². The van der Waals surface area contributed by atoms with Gasteiger partial charge in [-0.2, -0.15) is 0 Å². The van der Waals surface area contributed by atoms with Crippen molar-refractivity contribution in [1.29, 1.82) is 0 Å². The molecule has 0 heterocycles. The van der Waals surface area contributed by atoms with E-state index >= 15 is 0 Å². The maximum absolute atomic E-state index is 12.8. The van der Waals surface area contributed by atoms with Crippen molar-refractivity contribution in [2.24, 2.45) is 0 Å². The van der Waals surface area contributed by atoms with Crippen LogP contribution < -0.4 is 9.47 Å². The Morgan fingerprint density at radius 3 is 2.41 bits per heavy atom. The molecule has 2 aromatic carbocycles. The van der Waals surface area contributed by atoms with Gasteiger partial charge in [-0.1, -0.05) is 43.1 Å². The zero-order valence-corrected chi connectivity index (χ0v) is 16.8. The van der Waals surface area contributed by atoms with Gasteiger partial charge in [0.2, 0.25) is 0 Å². The Kier molecular flexibility index (Phi) is 8.10. The summed E-state index contributed by atoms with van der Waals surface area (Å²) >= 11 is 6.51. The summed E-state index contributed by atoms with van der Waals surface area (Å²) in [5.41, 5.74) is 1.46. The van der Waals surface area contributed by atoms with Crippen LogP contribution in [0.3, 0.4) is 0 Å². The van der Waals surface area contributed by atoms with Crippen LogP contribution in [0.1, 0.15) is 47.5 Å². The van der Waals surface area contributed by atoms with Gasteiger partial charge in [-0.3, -0.25) is 0 Å². The summed E-state index contributed by atoms with van der Waals surface area (Å²) in [4.78, 5) is 12.8. The Bertz CT molecular complexity index is 757. The lowest BCUT2D eigenvalue weighted by Gasteiger charge is -2.21. The van der Waals surface area contributed by atoms with Gasteiger partial charge in [-0.05, 0) is 37.1 Å². The second kappa shape index (κ2) is 10.3. The van der Waals surface area contributed by atoms with Crippen LogP contribution >= 0.6 is 11.6 Å². The number of esters is 1.